The molecule has 0 aliphatic rings. The Bertz CT molecular complexity index is 1040. The zero-order valence-corrected chi connectivity index (χ0v) is 15.5. The number of carbonyl (C=O) groups is 1. The summed E-state index contributed by atoms with van der Waals surface area (Å²) in [4.78, 5) is 10.5. The van der Waals surface area contributed by atoms with Crippen LogP contribution in [-0.4, -0.2) is 20.9 Å². The van der Waals surface area contributed by atoms with Crippen LogP contribution in [0.15, 0.2) is 60.7 Å². The van der Waals surface area contributed by atoms with Crippen molar-refractivity contribution in [1.82, 2.24) is 9.78 Å². The average molecular weight is 423 g/mol. The van der Waals surface area contributed by atoms with Gasteiger partial charge in [0.05, 0.1) is 16.4 Å². The number of halogens is 4. The largest absolute Gasteiger partial charge is 0.487 e. The predicted molar refractivity (Wildman–Crippen MR) is 101 cm³/mol. The Balaban J connectivity index is 1.84. The minimum Gasteiger partial charge on any atom is -0.487 e. The summed E-state index contributed by atoms with van der Waals surface area (Å²) in [6.45, 7) is -0.182. The molecular formula is C20H14ClF3N2O3. The summed E-state index contributed by atoms with van der Waals surface area (Å²) in [5.41, 5.74) is 0.0584. The first-order chi connectivity index (χ1) is 13.7. The third-order valence-corrected chi connectivity index (χ3v) is 4.16. The molecule has 9 heteroatoms. The van der Waals surface area contributed by atoms with Gasteiger partial charge in [0.25, 0.3) is 0 Å². The minimum absolute atomic E-state index is 0.167. The van der Waals surface area contributed by atoms with E-state index in [1.165, 1.54) is 6.08 Å². The third-order valence-electron chi connectivity index (χ3n) is 3.84. The third kappa shape index (κ3) is 5.17. The molecule has 1 aromatic heterocycles. The van der Waals surface area contributed by atoms with Gasteiger partial charge in [-0.25, -0.2) is 9.48 Å². The van der Waals surface area contributed by atoms with E-state index in [9.17, 15) is 18.0 Å². The van der Waals surface area contributed by atoms with Gasteiger partial charge in [-0.05, 0) is 42.0 Å². The molecule has 0 unspecified atom stereocenters. The highest BCUT2D eigenvalue weighted by atomic mass is 35.5. The molecule has 1 N–H and O–H groups in total. The SMILES string of the molecule is O=C(O)/C=C/c1ccc(OCc2cc(C(F)(F)F)nn2-c2ccccc2Cl)cc1. The van der Waals surface area contributed by atoms with E-state index in [-0.39, 0.29) is 17.3 Å². The molecule has 0 bridgehead atoms. The normalized spacial score (nSPS) is 11.7. The Morgan fingerprint density at radius 2 is 1.86 bits per heavy atom. The van der Waals surface area contributed by atoms with Crippen molar-refractivity contribution < 1.29 is 27.8 Å². The van der Waals surface area contributed by atoms with E-state index in [0.29, 0.717) is 17.0 Å². The van der Waals surface area contributed by atoms with E-state index in [4.69, 9.17) is 21.4 Å². The summed E-state index contributed by atoms with van der Waals surface area (Å²) in [7, 11) is 0. The van der Waals surface area contributed by atoms with Crippen molar-refractivity contribution in [2.75, 3.05) is 0 Å². The van der Waals surface area contributed by atoms with E-state index < -0.39 is 17.8 Å². The monoisotopic (exact) mass is 422 g/mol. The lowest BCUT2D eigenvalue weighted by molar-refractivity contribution is -0.141. The molecule has 1 heterocycles. The van der Waals surface area contributed by atoms with Crippen molar-refractivity contribution in [2.24, 2.45) is 0 Å². The standard InChI is InChI=1S/C20H14ClF3N2O3/c21-16-3-1-2-4-17(16)26-14(11-18(25-26)20(22,23)24)12-29-15-8-5-13(6-9-15)7-10-19(27)28/h1-11H,12H2,(H,27,28)/b10-7+. The first-order valence-electron chi connectivity index (χ1n) is 8.29. The molecule has 0 saturated heterocycles. The van der Waals surface area contributed by atoms with Gasteiger partial charge in [-0.3, -0.25) is 0 Å². The lowest BCUT2D eigenvalue weighted by atomic mass is 10.2. The fraction of sp³-hybridized carbons (Fsp3) is 0.100. The molecule has 3 rings (SSSR count). The van der Waals surface area contributed by atoms with Crippen LogP contribution < -0.4 is 4.74 Å². The fourth-order valence-electron chi connectivity index (χ4n) is 2.49. The highest BCUT2D eigenvalue weighted by molar-refractivity contribution is 6.32. The van der Waals surface area contributed by atoms with Crippen LogP contribution in [0, 0.1) is 0 Å². The molecule has 0 atom stereocenters. The molecule has 0 radical (unpaired) electrons. The van der Waals surface area contributed by atoms with Gasteiger partial charge < -0.3 is 9.84 Å². The molecular weight excluding hydrogens is 409 g/mol. The minimum atomic E-state index is -4.61. The summed E-state index contributed by atoms with van der Waals surface area (Å²) in [5, 5.41) is 12.5. The Morgan fingerprint density at radius 1 is 1.17 bits per heavy atom. The number of hydrogen-bond acceptors (Lipinski definition) is 3. The Kier molecular flexibility index (Phi) is 5.93. The fourth-order valence-corrected chi connectivity index (χ4v) is 2.71. The van der Waals surface area contributed by atoms with Crippen LogP contribution >= 0.6 is 11.6 Å². The smallest absolute Gasteiger partial charge is 0.435 e. The summed E-state index contributed by atoms with van der Waals surface area (Å²) < 4.78 is 46.1. The Labute approximate surface area is 168 Å². The van der Waals surface area contributed by atoms with Crippen LogP contribution in [0.1, 0.15) is 17.0 Å². The van der Waals surface area contributed by atoms with E-state index in [2.05, 4.69) is 5.10 Å². The molecule has 5 nitrogen and oxygen atoms in total. The van der Waals surface area contributed by atoms with Crippen LogP contribution in [0.4, 0.5) is 13.2 Å². The van der Waals surface area contributed by atoms with Gasteiger partial charge >= 0.3 is 12.1 Å². The van der Waals surface area contributed by atoms with Crippen molar-refractivity contribution in [2.45, 2.75) is 12.8 Å². The van der Waals surface area contributed by atoms with Gasteiger partial charge in [0.1, 0.15) is 12.4 Å². The van der Waals surface area contributed by atoms with Crippen LogP contribution in [0.3, 0.4) is 0 Å². The van der Waals surface area contributed by atoms with Gasteiger partial charge in [0.2, 0.25) is 0 Å². The maximum absolute atomic E-state index is 13.1. The van der Waals surface area contributed by atoms with Crippen molar-refractivity contribution >= 4 is 23.6 Å². The summed E-state index contributed by atoms with van der Waals surface area (Å²) >= 11 is 6.11. The quantitative estimate of drug-likeness (QED) is 0.553. The number of ether oxygens (including phenoxy) is 1. The zero-order chi connectivity index (χ0) is 21.0. The first-order valence-corrected chi connectivity index (χ1v) is 8.67. The number of nitrogens with zero attached hydrogens (tertiary/aromatic N) is 2. The summed E-state index contributed by atoms with van der Waals surface area (Å²) in [5.74, 6) is -0.670. The number of alkyl halides is 3. The van der Waals surface area contributed by atoms with Gasteiger partial charge in [-0.1, -0.05) is 35.9 Å². The second-order valence-electron chi connectivity index (χ2n) is 5.91. The highest BCUT2D eigenvalue weighted by Gasteiger charge is 2.35. The van der Waals surface area contributed by atoms with Crippen molar-refractivity contribution in [3.63, 3.8) is 0 Å². The van der Waals surface area contributed by atoms with E-state index in [0.717, 1.165) is 16.8 Å². The maximum atomic E-state index is 13.1. The first kappa shape index (κ1) is 20.5. The van der Waals surface area contributed by atoms with Gasteiger partial charge in [-0.15, -0.1) is 0 Å². The molecule has 0 saturated carbocycles. The number of carboxylic acid groups (broad SMARTS) is 1. The number of benzene rings is 2. The molecule has 0 spiro atoms. The second kappa shape index (κ2) is 8.40. The predicted octanol–water partition coefficient (Wildman–Crippen LogP) is 5.22. The van der Waals surface area contributed by atoms with E-state index >= 15 is 0 Å². The number of aromatic nitrogens is 2. The van der Waals surface area contributed by atoms with E-state index in [1.807, 2.05) is 0 Å². The average Bonchev–Trinajstić information content (AvgIpc) is 3.10. The molecule has 0 aliphatic heterocycles. The lowest BCUT2D eigenvalue weighted by Crippen LogP contribution is -2.08. The Morgan fingerprint density at radius 3 is 2.48 bits per heavy atom. The molecule has 150 valence electrons. The van der Waals surface area contributed by atoms with Crippen molar-refractivity contribution in [1.29, 1.82) is 0 Å². The zero-order valence-electron chi connectivity index (χ0n) is 14.7. The lowest BCUT2D eigenvalue weighted by Gasteiger charge is -2.10. The van der Waals surface area contributed by atoms with Crippen LogP contribution in [0.5, 0.6) is 5.75 Å². The molecule has 0 amide bonds. The second-order valence-corrected chi connectivity index (χ2v) is 6.32. The summed E-state index contributed by atoms with van der Waals surface area (Å²) in [6.07, 6.45) is -2.20. The van der Waals surface area contributed by atoms with Crippen LogP contribution in [0.25, 0.3) is 11.8 Å². The van der Waals surface area contributed by atoms with E-state index in [1.54, 1.807) is 48.5 Å². The highest BCUT2D eigenvalue weighted by Crippen LogP contribution is 2.31. The number of carboxylic acids is 1. The molecule has 2 aromatic carbocycles. The van der Waals surface area contributed by atoms with Crippen molar-refractivity contribution in [3.8, 4) is 11.4 Å². The summed E-state index contributed by atoms with van der Waals surface area (Å²) in [6, 6.07) is 13.8. The number of aliphatic carboxylic acids is 1. The molecule has 0 fully saturated rings. The number of rotatable bonds is 6. The Hall–Kier alpha value is -3.26. The number of hydrogen-bond donors (Lipinski definition) is 1. The topological polar surface area (TPSA) is 64.3 Å². The van der Waals surface area contributed by atoms with Gasteiger partial charge in [0.15, 0.2) is 5.69 Å². The van der Waals surface area contributed by atoms with Crippen LogP contribution in [0.2, 0.25) is 5.02 Å². The molecule has 29 heavy (non-hydrogen) atoms. The van der Waals surface area contributed by atoms with Crippen LogP contribution in [-0.2, 0) is 17.6 Å². The van der Waals surface area contributed by atoms with Gasteiger partial charge in [0, 0.05) is 6.08 Å². The maximum Gasteiger partial charge on any atom is 0.435 e. The van der Waals surface area contributed by atoms with Gasteiger partial charge in [-0.2, -0.15) is 18.3 Å². The van der Waals surface area contributed by atoms with Crippen molar-refractivity contribution in [3.05, 3.63) is 82.6 Å². The number of para-hydroxylation sites is 1. The molecule has 3 aromatic rings. The molecule has 0 aliphatic carbocycles.